The third-order valence-corrected chi connectivity index (χ3v) is 5.21. The number of nitrogens with one attached hydrogen (secondary N) is 2. The van der Waals surface area contributed by atoms with E-state index in [-0.39, 0.29) is 27.8 Å². The Morgan fingerprint density at radius 2 is 1.83 bits per heavy atom. The Bertz CT molecular complexity index is 914. The minimum absolute atomic E-state index is 0.0629. The first kappa shape index (κ1) is 16.3. The molecule has 2 aromatic carbocycles. The highest BCUT2D eigenvalue weighted by atomic mass is 35.5. The predicted octanol–water partition coefficient (Wildman–Crippen LogP) is 2.20. The van der Waals surface area contributed by atoms with Crippen molar-refractivity contribution in [2.45, 2.75) is 4.90 Å². The Labute approximate surface area is 143 Å². The van der Waals surface area contributed by atoms with Crippen LogP contribution in [0.1, 0.15) is 0 Å². The molecule has 2 aromatic rings. The van der Waals surface area contributed by atoms with Crippen LogP contribution < -0.4 is 14.9 Å². The first-order valence-corrected chi connectivity index (χ1v) is 8.73. The van der Waals surface area contributed by atoms with Gasteiger partial charge in [0.2, 0.25) is 0 Å². The van der Waals surface area contributed by atoms with Crippen LogP contribution in [0.5, 0.6) is 0 Å². The normalized spacial score (nSPS) is 14.6. The van der Waals surface area contributed by atoms with Gasteiger partial charge in [-0.3, -0.25) is 9.52 Å². The van der Waals surface area contributed by atoms with Crippen LogP contribution >= 0.6 is 11.6 Å². The van der Waals surface area contributed by atoms with Crippen LogP contribution in [0.4, 0.5) is 16.2 Å². The van der Waals surface area contributed by atoms with E-state index in [9.17, 15) is 18.0 Å². The van der Waals surface area contributed by atoms with E-state index < -0.39 is 22.0 Å². The van der Waals surface area contributed by atoms with Gasteiger partial charge in [-0.1, -0.05) is 29.8 Å². The minimum Gasteiger partial charge on any atom is -0.328 e. The number of urea groups is 1. The first-order chi connectivity index (χ1) is 11.4. The smallest absolute Gasteiger partial charge is 0.328 e. The van der Waals surface area contributed by atoms with E-state index >= 15 is 0 Å². The minimum atomic E-state index is -3.90. The van der Waals surface area contributed by atoms with Crippen LogP contribution in [0.15, 0.2) is 53.4 Å². The number of sulfonamides is 1. The van der Waals surface area contributed by atoms with Gasteiger partial charge in [0, 0.05) is 0 Å². The summed E-state index contributed by atoms with van der Waals surface area (Å²) in [5.41, 5.74) is 0.481. The number of anilines is 2. The molecule has 0 unspecified atom stereocenters. The molecular weight excluding hydrogens is 354 g/mol. The maximum absolute atomic E-state index is 12.4. The number of halogens is 1. The van der Waals surface area contributed by atoms with E-state index in [0.29, 0.717) is 0 Å². The van der Waals surface area contributed by atoms with Crippen molar-refractivity contribution in [2.75, 3.05) is 16.2 Å². The summed E-state index contributed by atoms with van der Waals surface area (Å²) < 4.78 is 27.2. The molecule has 0 aromatic heterocycles. The molecule has 2 N–H and O–H groups in total. The molecule has 24 heavy (non-hydrogen) atoms. The average Bonchev–Trinajstić information content (AvgIpc) is 2.86. The fourth-order valence-corrected chi connectivity index (χ4v) is 3.84. The molecular formula is C15H12ClN3O4S. The Kier molecular flexibility index (Phi) is 4.16. The van der Waals surface area contributed by atoms with Crippen LogP contribution in [-0.2, 0) is 14.8 Å². The Balaban J connectivity index is 1.92. The quantitative estimate of drug-likeness (QED) is 0.812. The third kappa shape index (κ3) is 3.06. The summed E-state index contributed by atoms with van der Waals surface area (Å²) in [6.07, 6.45) is 0. The number of nitrogens with zero attached hydrogens (tertiary/aromatic N) is 1. The second-order valence-corrected chi connectivity index (χ2v) is 7.03. The van der Waals surface area contributed by atoms with E-state index in [1.165, 1.54) is 30.3 Å². The van der Waals surface area contributed by atoms with Gasteiger partial charge in [0.05, 0.1) is 22.9 Å². The maximum atomic E-state index is 12.4. The molecule has 3 amide bonds. The van der Waals surface area contributed by atoms with Crippen molar-refractivity contribution in [3.05, 3.63) is 53.6 Å². The van der Waals surface area contributed by atoms with Gasteiger partial charge in [0.15, 0.2) is 0 Å². The lowest BCUT2D eigenvalue weighted by Gasteiger charge is -2.15. The number of hydrogen-bond donors (Lipinski definition) is 2. The summed E-state index contributed by atoms with van der Waals surface area (Å²) >= 11 is 5.92. The van der Waals surface area contributed by atoms with Crippen LogP contribution in [0, 0.1) is 0 Å². The van der Waals surface area contributed by atoms with Crippen molar-refractivity contribution in [3.8, 4) is 0 Å². The molecule has 7 nitrogen and oxygen atoms in total. The molecule has 1 aliphatic rings. The second-order valence-electron chi connectivity index (χ2n) is 4.97. The average molecular weight is 366 g/mol. The van der Waals surface area contributed by atoms with Gasteiger partial charge in [-0.15, -0.1) is 0 Å². The van der Waals surface area contributed by atoms with E-state index in [1.807, 2.05) is 0 Å². The zero-order valence-electron chi connectivity index (χ0n) is 12.2. The van der Waals surface area contributed by atoms with Gasteiger partial charge >= 0.3 is 6.03 Å². The molecule has 9 heteroatoms. The summed E-state index contributed by atoms with van der Waals surface area (Å²) in [6.45, 7) is -0.0889. The van der Waals surface area contributed by atoms with Crippen molar-refractivity contribution in [1.29, 1.82) is 0 Å². The molecule has 1 fully saturated rings. The lowest BCUT2D eigenvalue weighted by atomic mass is 10.2. The van der Waals surface area contributed by atoms with E-state index in [0.717, 1.165) is 4.90 Å². The number of amides is 3. The topological polar surface area (TPSA) is 95.6 Å². The Morgan fingerprint density at radius 3 is 2.50 bits per heavy atom. The van der Waals surface area contributed by atoms with Crippen LogP contribution in [0.2, 0.25) is 5.02 Å². The molecule has 1 saturated heterocycles. The third-order valence-electron chi connectivity index (χ3n) is 3.33. The van der Waals surface area contributed by atoms with Crippen molar-refractivity contribution in [1.82, 2.24) is 5.32 Å². The summed E-state index contributed by atoms with van der Waals surface area (Å²) in [7, 11) is -3.90. The summed E-state index contributed by atoms with van der Waals surface area (Å²) in [6, 6.07) is 11.5. The fourth-order valence-electron chi connectivity index (χ4n) is 2.27. The lowest BCUT2D eigenvalue weighted by molar-refractivity contribution is -0.115. The largest absolute Gasteiger partial charge is 0.329 e. The van der Waals surface area contributed by atoms with Gasteiger partial charge in [-0.25, -0.2) is 18.1 Å². The van der Waals surface area contributed by atoms with Gasteiger partial charge in [0.1, 0.15) is 4.90 Å². The van der Waals surface area contributed by atoms with Gasteiger partial charge < -0.3 is 5.32 Å². The summed E-state index contributed by atoms with van der Waals surface area (Å²) in [5, 5.41) is 2.49. The molecule has 0 aliphatic carbocycles. The van der Waals surface area contributed by atoms with Crippen LogP contribution in [-0.4, -0.2) is 26.9 Å². The highest BCUT2D eigenvalue weighted by Gasteiger charge is 2.30. The monoisotopic (exact) mass is 365 g/mol. The van der Waals surface area contributed by atoms with Crippen molar-refractivity contribution in [3.63, 3.8) is 0 Å². The van der Waals surface area contributed by atoms with E-state index in [1.54, 1.807) is 18.2 Å². The van der Waals surface area contributed by atoms with Crippen molar-refractivity contribution < 1.29 is 18.0 Å². The first-order valence-electron chi connectivity index (χ1n) is 6.87. The van der Waals surface area contributed by atoms with Crippen molar-refractivity contribution >= 4 is 44.9 Å². The summed E-state index contributed by atoms with van der Waals surface area (Å²) in [5.74, 6) is -0.411. The summed E-state index contributed by atoms with van der Waals surface area (Å²) in [4.78, 5) is 24.3. The number of carbonyl (C=O) groups is 2. The second kappa shape index (κ2) is 6.14. The maximum Gasteiger partial charge on any atom is 0.329 e. The van der Waals surface area contributed by atoms with Crippen LogP contribution in [0.25, 0.3) is 0 Å². The molecule has 1 heterocycles. The van der Waals surface area contributed by atoms with Gasteiger partial charge in [0.25, 0.3) is 15.9 Å². The highest BCUT2D eigenvalue weighted by Crippen LogP contribution is 2.26. The number of benzene rings is 2. The zero-order valence-corrected chi connectivity index (χ0v) is 13.8. The molecule has 0 atom stereocenters. The van der Waals surface area contributed by atoms with Gasteiger partial charge in [-0.05, 0) is 30.3 Å². The molecule has 0 spiro atoms. The number of imide groups is 1. The fraction of sp³-hybridized carbons (Fsp3) is 0.0667. The molecule has 0 radical (unpaired) electrons. The highest BCUT2D eigenvalue weighted by molar-refractivity contribution is 7.92. The standard InChI is InChI=1S/C15H12ClN3O4S/c16-12-6-1-2-7-13(12)24(22,23)18-10-4-3-5-11(8-10)19-14(20)9-17-15(19)21/h1-8,18H,9H2,(H,17,21). The molecule has 124 valence electrons. The Morgan fingerprint density at radius 1 is 1.08 bits per heavy atom. The predicted molar refractivity (Wildman–Crippen MR) is 89.6 cm³/mol. The van der Waals surface area contributed by atoms with Crippen molar-refractivity contribution in [2.24, 2.45) is 0 Å². The number of rotatable bonds is 4. The SMILES string of the molecule is O=C1CNC(=O)N1c1cccc(NS(=O)(=O)c2ccccc2Cl)c1. The lowest BCUT2D eigenvalue weighted by Crippen LogP contribution is -2.30. The molecule has 0 bridgehead atoms. The zero-order chi connectivity index (χ0) is 17.3. The molecule has 0 saturated carbocycles. The van der Waals surface area contributed by atoms with E-state index in [4.69, 9.17) is 11.6 Å². The van der Waals surface area contributed by atoms with Crippen LogP contribution in [0.3, 0.4) is 0 Å². The number of hydrogen-bond acceptors (Lipinski definition) is 4. The molecule has 3 rings (SSSR count). The number of carbonyl (C=O) groups excluding carboxylic acids is 2. The molecule has 1 aliphatic heterocycles. The van der Waals surface area contributed by atoms with E-state index in [2.05, 4.69) is 10.0 Å². The Hall–Kier alpha value is -2.58. The van der Waals surface area contributed by atoms with Gasteiger partial charge in [-0.2, -0.15) is 0 Å².